The summed E-state index contributed by atoms with van der Waals surface area (Å²) in [4.78, 5) is 39.8. The van der Waals surface area contributed by atoms with Crippen LogP contribution in [0.1, 0.15) is 0 Å². The number of rotatable bonds is 8. The molecule has 13 nitrogen and oxygen atoms in total. The molecule has 0 fully saturated rings. The first-order valence-electron chi connectivity index (χ1n) is 6.58. The molecule has 2 rings (SSSR count). The predicted molar refractivity (Wildman–Crippen MR) is 92.3 cm³/mol. The van der Waals surface area contributed by atoms with Crippen LogP contribution in [0, 0.1) is 40.5 Å². The molecule has 0 bridgehead atoms. The van der Waals surface area contributed by atoms with E-state index in [0.29, 0.717) is 24.1 Å². The van der Waals surface area contributed by atoms with Gasteiger partial charge >= 0.3 is 22.7 Å². The highest BCUT2D eigenvalue weighted by Crippen LogP contribution is 2.43. The molecule has 0 heterocycles. The van der Waals surface area contributed by atoms with E-state index in [9.17, 15) is 40.5 Å². The Bertz CT molecular complexity index is 877. The zero-order valence-corrected chi connectivity index (χ0v) is 14.4. The molecular formula is C12H6N4O9S2. The summed E-state index contributed by atoms with van der Waals surface area (Å²) in [5.74, 6) is 0. The van der Waals surface area contributed by atoms with Gasteiger partial charge in [0.2, 0.25) is 0 Å². The van der Waals surface area contributed by atoms with E-state index >= 15 is 0 Å². The number of hydrogen-bond donors (Lipinski definition) is 0. The maximum absolute atomic E-state index is 11.1. The lowest BCUT2D eigenvalue weighted by Gasteiger charge is -2.04. The zero-order chi connectivity index (χ0) is 20.1. The number of para-hydroxylation sites is 2. The van der Waals surface area contributed by atoms with Crippen LogP contribution in [0.2, 0.25) is 0 Å². The molecule has 0 spiro atoms. The SMILES string of the molecule is O=[N+]([O-])c1cccc(SOSc2cccc([N+](=O)[O-])c2[N+](=O)[O-])c1[N+](=O)[O-]. The van der Waals surface area contributed by atoms with Gasteiger partial charge < -0.3 is 0 Å². The van der Waals surface area contributed by atoms with Crippen molar-refractivity contribution in [1.82, 2.24) is 0 Å². The average molecular weight is 414 g/mol. The molecular weight excluding hydrogens is 408 g/mol. The van der Waals surface area contributed by atoms with E-state index in [0.717, 1.165) is 12.1 Å². The van der Waals surface area contributed by atoms with Gasteiger partial charge in [-0.1, -0.05) is 12.1 Å². The van der Waals surface area contributed by atoms with E-state index in [-0.39, 0.29) is 9.79 Å². The lowest BCUT2D eigenvalue weighted by Crippen LogP contribution is -1.98. The van der Waals surface area contributed by atoms with Gasteiger partial charge in [0, 0.05) is 12.1 Å². The number of nitro groups is 4. The Morgan fingerprint density at radius 2 is 1.00 bits per heavy atom. The minimum Gasteiger partial charge on any atom is -0.258 e. The van der Waals surface area contributed by atoms with Crippen LogP contribution in [-0.4, -0.2) is 19.7 Å². The van der Waals surface area contributed by atoms with Crippen LogP contribution in [0.25, 0.3) is 0 Å². The molecule has 0 aliphatic rings. The van der Waals surface area contributed by atoms with Crippen LogP contribution in [0.15, 0.2) is 46.2 Å². The van der Waals surface area contributed by atoms with Crippen LogP contribution < -0.4 is 0 Å². The monoisotopic (exact) mass is 414 g/mol. The quantitative estimate of drug-likeness (QED) is 0.345. The first kappa shape index (κ1) is 20.0. The smallest absolute Gasteiger partial charge is 0.258 e. The van der Waals surface area contributed by atoms with E-state index in [2.05, 4.69) is 0 Å². The maximum Gasteiger partial charge on any atom is 0.361 e. The second-order valence-corrected chi connectivity index (χ2v) is 6.27. The molecule has 0 radical (unpaired) electrons. The van der Waals surface area contributed by atoms with Crippen molar-refractivity contribution in [2.75, 3.05) is 0 Å². The summed E-state index contributed by atoms with van der Waals surface area (Å²) in [7, 11) is 0. The van der Waals surface area contributed by atoms with E-state index in [1.54, 1.807) is 0 Å². The highest BCUT2D eigenvalue weighted by molar-refractivity contribution is 8.08. The largest absolute Gasteiger partial charge is 0.361 e. The standard InChI is InChI=1S/C12H6N4O9S2/c17-13(18)7-3-1-5-9(11(7)15(21)22)26-25-27-10-6-2-4-8(14(19)20)12(10)16(23)24/h1-6H. The van der Waals surface area contributed by atoms with Crippen molar-refractivity contribution < 1.29 is 23.3 Å². The van der Waals surface area contributed by atoms with Gasteiger partial charge in [-0.15, -0.1) is 0 Å². The maximum atomic E-state index is 11.1. The van der Waals surface area contributed by atoms with E-state index < -0.39 is 42.4 Å². The van der Waals surface area contributed by atoms with Gasteiger partial charge in [0.15, 0.2) is 0 Å². The average Bonchev–Trinajstić information content (AvgIpc) is 2.60. The van der Waals surface area contributed by atoms with Gasteiger partial charge in [-0.25, -0.2) is 3.63 Å². The summed E-state index contributed by atoms with van der Waals surface area (Å²) in [5, 5.41) is 44.0. The van der Waals surface area contributed by atoms with Crippen molar-refractivity contribution in [1.29, 1.82) is 0 Å². The fourth-order valence-corrected chi connectivity index (χ4v) is 3.41. The number of nitro benzene ring substituents is 4. The van der Waals surface area contributed by atoms with Crippen LogP contribution in [0.3, 0.4) is 0 Å². The van der Waals surface area contributed by atoms with Gasteiger partial charge in [0.05, 0.1) is 43.8 Å². The zero-order valence-electron chi connectivity index (χ0n) is 12.7. The molecule has 2 aromatic carbocycles. The molecule has 15 heteroatoms. The summed E-state index contributed by atoms with van der Waals surface area (Å²) in [6.45, 7) is 0. The summed E-state index contributed by atoms with van der Waals surface area (Å²) < 4.78 is 5.04. The Hall–Kier alpha value is -3.30. The molecule has 0 unspecified atom stereocenters. The first-order chi connectivity index (χ1) is 12.7. The molecule has 0 saturated carbocycles. The minimum absolute atomic E-state index is 0.213. The molecule has 0 saturated heterocycles. The van der Waals surface area contributed by atoms with E-state index in [4.69, 9.17) is 3.63 Å². The van der Waals surface area contributed by atoms with Crippen molar-refractivity contribution in [2.24, 2.45) is 0 Å². The summed E-state index contributed by atoms with van der Waals surface area (Å²) >= 11 is 0.722. The van der Waals surface area contributed by atoms with E-state index in [1.807, 2.05) is 0 Å². The molecule has 0 N–H and O–H groups in total. The van der Waals surface area contributed by atoms with Gasteiger partial charge in [-0.2, -0.15) is 0 Å². The van der Waals surface area contributed by atoms with Gasteiger partial charge in [0.1, 0.15) is 9.79 Å². The summed E-state index contributed by atoms with van der Waals surface area (Å²) in [6, 6.07) is 6.69. The van der Waals surface area contributed by atoms with Crippen LogP contribution in [0.4, 0.5) is 22.7 Å². The molecule has 0 aliphatic carbocycles. The Morgan fingerprint density at radius 1 is 0.630 bits per heavy atom. The molecule has 140 valence electrons. The number of nitrogens with zero attached hydrogens (tertiary/aromatic N) is 4. The number of hydrogen-bond acceptors (Lipinski definition) is 11. The van der Waals surface area contributed by atoms with Crippen LogP contribution >= 0.6 is 24.1 Å². The fourth-order valence-electron chi connectivity index (χ4n) is 1.91. The molecule has 27 heavy (non-hydrogen) atoms. The van der Waals surface area contributed by atoms with Crippen molar-refractivity contribution in [2.45, 2.75) is 9.79 Å². The Kier molecular flexibility index (Phi) is 6.22. The third kappa shape index (κ3) is 4.46. The van der Waals surface area contributed by atoms with E-state index in [1.165, 1.54) is 24.3 Å². The first-order valence-corrected chi connectivity index (χ1v) is 8.07. The van der Waals surface area contributed by atoms with Crippen LogP contribution in [-0.2, 0) is 3.63 Å². The molecule has 0 atom stereocenters. The van der Waals surface area contributed by atoms with Crippen LogP contribution in [0.5, 0.6) is 0 Å². The third-order valence-electron chi connectivity index (χ3n) is 2.96. The molecule has 0 aromatic heterocycles. The summed E-state index contributed by atoms with van der Waals surface area (Å²) in [6.07, 6.45) is 0. The normalized spacial score (nSPS) is 10.4. The van der Waals surface area contributed by atoms with Gasteiger partial charge in [-0.3, -0.25) is 40.5 Å². The third-order valence-corrected chi connectivity index (χ3v) is 4.52. The topological polar surface area (TPSA) is 182 Å². The van der Waals surface area contributed by atoms with Gasteiger partial charge in [0.25, 0.3) is 0 Å². The lowest BCUT2D eigenvalue weighted by molar-refractivity contribution is -0.424. The highest BCUT2D eigenvalue weighted by atomic mass is 32.2. The van der Waals surface area contributed by atoms with Crippen molar-refractivity contribution >= 4 is 46.8 Å². The second kappa shape index (κ2) is 8.39. The molecule has 0 aliphatic heterocycles. The van der Waals surface area contributed by atoms with Crippen molar-refractivity contribution in [3.63, 3.8) is 0 Å². The summed E-state index contributed by atoms with van der Waals surface area (Å²) in [5.41, 5.74) is -3.11. The van der Waals surface area contributed by atoms with Crippen molar-refractivity contribution in [3.05, 3.63) is 76.9 Å². The number of benzene rings is 2. The lowest BCUT2D eigenvalue weighted by atomic mass is 10.3. The Morgan fingerprint density at radius 3 is 1.30 bits per heavy atom. The van der Waals surface area contributed by atoms with Gasteiger partial charge in [-0.05, 0) is 12.1 Å². The fraction of sp³-hybridized carbons (Fsp3) is 0. The molecule has 0 amide bonds. The Labute approximate surface area is 157 Å². The molecule has 2 aromatic rings. The minimum atomic E-state index is -0.954. The second-order valence-electron chi connectivity index (χ2n) is 4.51. The predicted octanol–water partition coefficient (Wildman–Crippen LogP) is 4.05. The van der Waals surface area contributed by atoms with Crippen molar-refractivity contribution in [3.8, 4) is 0 Å². The highest BCUT2D eigenvalue weighted by Gasteiger charge is 2.31. The Balaban J connectivity index is 2.28.